The number of aryl methyl sites for hydroxylation is 2. The van der Waals surface area contributed by atoms with E-state index in [0.717, 1.165) is 22.6 Å². The summed E-state index contributed by atoms with van der Waals surface area (Å²) in [6.07, 6.45) is 4.49. The van der Waals surface area contributed by atoms with Gasteiger partial charge in [0.05, 0.1) is 6.33 Å². The molecule has 158 valence electrons. The van der Waals surface area contributed by atoms with Crippen molar-refractivity contribution in [3.63, 3.8) is 0 Å². The van der Waals surface area contributed by atoms with Gasteiger partial charge in [0.25, 0.3) is 11.1 Å². The van der Waals surface area contributed by atoms with E-state index in [1.54, 1.807) is 11.8 Å². The minimum Gasteiger partial charge on any atom is -0.348 e. The lowest BCUT2D eigenvalue weighted by Gasteiger charge is -2.07. The summed E-state index contributed by atoms with van der Waals surface area (Å²) < 4.78 is 6.68. The standard InChI is InChI=1S/C23H22N4O3S/c1-3-15-7-9-16(10-8-15)20-21-22(30-26-20)23(29)27(14-24-21)12-11-19(28)25-17-5-4-6-18(13-17)31-2/h4-10,13-14H,3,11-12H2,1-2H3,(H,25,28). The monoisotopic (exact) mass is 434 g/mol. The lowest BCUT2D eigenvalue weighted by Crippen LogP contribution is -2.23. The maximum atomic E-state index is 12.8. The van der Waals surface area contributed by atoms with Crippen LogP contribution in [0.15, 0.2) is 69.1 Å². The number of hydrogen-bond donors (Lipinski definition) is 1. The zero-order valence-electron chi connectivity index (χ0n) is 17.3. The Balaban J connectivity index is 1.49. The van der Waals surface area contributed by atoms with E-state index in [2.05, 4.69) is 22.4 Å². The van der Waals surface area contributed by atoms with Crippen LogP contribution >= 0.6 is 11.8 Å². The van der Waals surface area contributed by atoms with Crippen molar-refractivity contribution in [3.05, 3.63) is 70.8 Å². The Morgan fingerprint density at radius 2 is 2.00 bits per heavy atom. The molecule has 4 rings (SSSR count). The van der Waals surface area contributed by atoms with E-state index >= 15 is 0 Å². The number of fused-ring (bicyclic) bond motifs is 1. The first-order valence-corrected chi connectivity index (χ1v) is 11.2. The number of thioether (sulfide) groups is 1. The van der Waals surface area contributed by atoms with Crippen LogP contribution in [0.2, 0.25) is 0 Å². The Morgan fingerprint density at radius 3 is 2.74 bits per heavy atom. The zero-order chi connectivity index (χ0) is 21.8. The first kappa shape index (κ1) is 20.9. The average molecular weight is 435 g/mol. The second kappa shape index (κ2) is 9.18. The van der Waals surface area contributed by atoms with Gasteiger partial charge in [-0.2, -0.15) is 0 Å². The van der Waals surface area contributed by atoms with Gasteiger partial charge in [0.15, 0.2) is 0 Å². The fourth-order valence-electron chi connectivity index (χ4n) is 3.25. The summed E-state index contributed by atoms with van der Waals surface area (Å²) in [4.78, 5) is 30.5. The number of carbonyl (C=O) groups excluding carboxylic acids is 1. The van der Waals surface area contributed by atoms with Crippen molar-refractivity contribution < 1.29 is 9.32 Å². The quantitative estimate of drug-likeness (QED) is 0.435. The highest BCUT2D eigenvalue weighted by atomic mass is 32.2. The number of nitrogens with zero attached hydrogens (tertiary/aromatic N) is 3. The van der Waals surface area contributed by atoms with Crippen molar-refractivity contribution in [2.75, 3.05) is 11.6 Å². The highest BCUT2D eigenvalue weighted by Crippen LogP contribution is 2.25. The van der Waals surface area contributed by atoms with E-state index in [0.29, 0.717) is 11.2 Å². The minimum atomic E-state index is -0.355. The van der Waals surface area contributed by atoms with Crippen LogP contribution in [0.1, 0.15) is 18.9 Å². The van der Waals surface area contributed by atoms with Crippen LogP contribution in [0, 0.1) is 0 Å². The van der Waals surface area contributed by atoms with E-state index in [-0.39, 0.29) is 30.0 Å². The van der Waals surface area contributed by atoms with Gasteiger partial charge in [0, 0.05) is 29.1 Å². The predicted molar refractivity (Wildman–Crippen MR) is 122 cm³/mol. The third-order valence-corrected chi connectivity index (χ3v) is 5.74. The molecule has 4 aromatic rings. The van der Waals surface area contributed by atoms with Crippen molar-refractivity contribution in [2.45, 2.75) is 31.2 Å². The summed E-state index contributed by atoms with van der Waals surface area (Å²) in [5.74, 6) is -0.181. The molecule has 0 atom stereocenters. The van der Waals surface area contributed by atoms with Gasteiger partial charge < -0.3 is 9.84 Å². The second-order valence-electron chi connectivity index (χ2n) is 7.03. The number of amides is 1. The van der Waals surface area contributed by atoms with E-state index in [9.17, 15) is 9.59 Å². The van der Waals surface area contributed by atoms with Crippen LogP contribution < -0.4 is 10.9 Å². The van der Waals surface area contributed by atoms with Crippen LogP contribution in [0.4, 0.5) is 5.69 Å². The van der Waals surface area contributed by atoms with Crippen molar-refractivity contribution in [1.29, 1.82) is 0 Å². The number of aromatic nitrogens is 3. The first-order chi connectivity index (χ1) is 15.1. The summed E-state index contributed by atoms with van der Waals surface area (Å²) in [7, 11) is 0. The van der Waals surface area contributed by atoms with E-state index in [4.69, 9.17) is 4.52 Å². The SMILES string of the molecule is CCc1ccc(-c2noc3c(=O)n(CCC(=O)Nc4cccc(SC)c4)cnc23)cc1. The number of nitrogens with one attached hydrogen (secondary N) is 1. The number of carbonyl (C=O) groups is 1. The van der Waals surface area contributed by atoms with Gasteiger partial charge in [0.1, 0.15) is 11.2 Å². The summed E-state index contributed by atoms with van der Waals surface area (Å²) in [6.45, 7) is 2.28. The highest BCUT2D eigenvalue weighted by molar-refractivity contribution is 7.98. The number of benzene rings is 2. The molecule has 2 aromatic carbocycles. The Morgan fingerprint density at radius 1 is 1.19 bits per heavy atom. The first-order valence-electron chi connectivity index (χ1n) is 9.97. The van der Waals surface area contributed by atoms with E-state index < -0.39 is 0 Å². The summed E-state index contributed by atoms with van der Waals surface area (Å²) in [5, 5.41) is 6.91. The van der Waals surface area contributed by atoms with Crippen LogP contribution in [-0.2, 0) is 17.8 Å². The van der Waals surface area contributed by atoms with Gasteiger partial charge in [-0.05, 0) is 36.4 Å². The van der Waals surface area contributed by atoms with Crippen molar-refractivity contribution in [1.82, 2.24) is 14.7 Å². The molecule has 0 saturated heterocycles. The molecule has 1 N–H and O–H groups in total. The van der Waals surface area contributed by atoms with Crippen molar-refractivity contribution in [2.24, 2.45) is 0 Å². The highest BCUT2D eigenvalue weighted by Gasteiger charge is 2.17. The molecule has 0 aliphatic rings. The Hall–Kier alpha value is -3.39. The normalized spacial score (nSPS) is 11.0. The molecule has 0 spiro atoms. The maximum Gasteiger partial charge on any atom is 0.299 e. The van der Waals surface area contributed by atoms with Crippen LogP contribution in [-0.4, -0.2) is 26.9 Å². The molecule has 0 aliphatic heterocycles. The lowest BCUT2D eigenvalue weighted by atomic mass is 10.1. The largest absolute Gasteiger partial charge is 0.348 e. The summed E-state index contributed by atoms with van der Waals surface area (Å²) in [5.41, 5.74) is 3.47. The molecule has 1 amide bonds. The van der Waals surface area contributed by atoms with Crippen LogP contribution in [0.25, 0.3) is 22.4 Å². The molecular formula is C23H22N4O3S. The van der Waals surface area contributed by atoms with Gasteiger partial charge in [-0.3, -0.25) is 14.2 Å². The number of rotatable bonds is 7. The molecule has 0 bridgehead atoms. The topological polar surface area (TPSA) is 90.0 Å². The fraction of sp³-hybridized carbons (Fsp3) is 0.217. The summed E-state index contributed by atoms with van der Waals surface area (Å²) in [6, 6.07) is 15.5. The minimum absolute atomic E-state index is 0.0881. The number of hydrogen-bond acceptors (Lipinski definition) is 6. The van der Waals surface area contributed by atoms with Crippen LogP contribution in [0.3, 0.4) is 0 Å². The second-order valence-corrected chi connectivity index (χ2v) is 7.91. The summed E-state index contributed by atoms with van der Waals surface area (Å²) >= 11 is 1.60. The smallest absolute Gasteiger partial charge is 0.299 e. The molecule has 7 nitrogen and oxygen atoms in total. The molecule has 0 fully saturated rings. The van der Waals surface area contributed by atoms with Gasteiger partial charge in [-0.1, -0.05) is 42.4 Å². The van der Waals surface area contributed by atoms with E-state index in [1.807, 2.05) is 54.8 Å². The molecule has 0 aliphatic carbocycles. The number of anilines is 1. The van der Waals surface area contributed by atoms with Gasteiger partial charge >= 0.3 is 0 Å². The van der Waals surface area contributed by atoms with E-state index in [1.165, 1.54) is 16.5 Å². The Kier molecular flexibility index (Phi) is 6.18. The van der Waals surface area contributed by atoms with Gasteiger partial charge in [0.2, 0.25) is 5.91 Å². The average Bonchev–Trinajstić information content (AvgIpc) is 3.24. The molecule has 0 radical (unpaired) electrons. The molecule has 8 heteroatoms. The molecule has 2 heterocycles. The Bertz CT molecular complexity index is 1280. The third-order valence-electron chi connectivity index (χ3n) is 5.02. The fourth-order valence-corrected chi connectivity index (χ4v) is 3.71. The zero-order valence-corrected chi connectivity index (χ0v) is 18.1. The molecular weight excluding hydrogens is 412 g/mol. The predicted octanol–water partition coefficient (Wildman–Crippen LogP) is 4.36. The maximum absolute atomic E-state index is 12.8. The molecule has 2 aromatic heterocycles. The van der Waals surface area contributed by atoms with Crippen molar-refractivity contribution >= 4 is 34.5 Å². The van der Waals surface area contributed by atoms with Gasteiger partial charge in [-0.25, -0.2) is 4.98 Å². The molecule has 0 unspecified atom stereocenters. The van der Waals surface area contributed by atoms with Crippen molar-refractivity contribution in [3.8, 4) is 11.3 Å². The molecule has 0 saturated carbocycles. The van der Waals surface area contributed by atoms with Crippen LogP contribution in [0.5, 0.6) is 0 Å². The Labute approximate surface area is 183 Å². The van der Waals surface area contributed by atoms with Gasteiger partial charge in [-0.15, -0.1) is 11.8 Å². The third kappa shape index (κ3) is 4.54. The lowest BCUT2D eigenvalue weighted by molar-refractivity contribution is -0.116. The molecule has 31 heavy (non-hydrogen) atoms.